The number of ether oxygens (including phenoxy) is 2. The summed E-state index contributed by atoms with van der Waals surface area (Å²) in [6.45, 7) is 8.13. The lowest BCUT2D eigenvalue weighted by atomic mass is 9.95. The van der Waals surface area contributed by atoms with Crippen molar-refractivity contribution in [3.8, 4) is 0 Å². The van der Waals surface area contributed by atoms with Gasteiger partial charge in [-0.3, -0.25) is 0 Å². The van der Waals surface area contributed by atoms with E-state index in [4.69, 9.17) is 9.47 Å². The molecule has 0 unspecified atom stereocenters. The van der Waals surface area contributed by atoms with Gasteiger partial charge in [0.1, 0.15) is 0 Å². The van der Waals surface area contributed by atoms with Crippen molar-refractivity contribution in [3.05, 3.63) is 41.5 Å². The zero-order chi connectivity index (χ0) is 14.2. The van der Waals surface area contributed by atoms with Gasteiger partial charge in [-0.15, -0.1) is 0 Å². The maximum absolute atomic E-state index is 6.17. The maximum Gasteiger partial charge on any atom is 0.219 e. The molecule has 0 saturated carbocycles. The summed E-state index contributed by atoms with van der Waals surface area (Å²) in [5, 5.41) is 0. The largest absolute Gasteiger partial charge is 0.342 e. The Morgan fingerprint density at radius 1 is 1.05 bits per heavy atom. The molecule has 1 aliphatic heterocycles. The standard InChI is InChI=1S/C18H24O2/c1-4-5-11-15-16(14-9-7-6-8-10-14)18(15)19-12-17(2,3)13-20-18/h6-10H,4-5,11-13H2,1-3H3. The molecule has 0 amide bonds. The Kier molecular flexibility index (Phi) is 3.47. The molecule has 108 valence electrons. The van der Waals surface area contributed by atoms with E-state index in [1.165, 1.54) is 29.6 Å². The van der Waals surface area contributed by atoms with Crippen LogP contribution in [0.2, 0.25) is 0 Å². The molecule has 1 spiro atoms. The summed E-state index contributed by atoms with van der Waals surface area (Å²) in [4.78, 5) is 0. The van der Waals surface area contributed by atoms with E-state index in [1.54, 1.807) is 0 Å². The van der Waals surface area contributed by atoms with Gasteiger partial charge in [0, 0.05) is 16.6 Å². The molecular weight excluding hydrogens is 248 g/mol. The Balaban J connectivity index is 1.83. The molecule has 1 saturated heterocycles. The molecule has 0 radical (unpaired) electrons. The lowest BCUT2D eigenvalue weighted by Crippen LogP contribution is -2.41. The molecule has 1 aromatic rings. The van der Waals surface area contributed by atoms with Gasteiger partial charge in [-0.25, -0.2) is 0 Å². The summed E-state index contributed by atoms with van der Waals surface area (Å²) in [6.07, 6.45) is 3.48. The second-order valence-corrected chi connectivity index (χ2v) is 6.68. The first kappa shape index (κ1) is 13.8. The van der Waals surface area contributed by atoms with Crippen molar-refractivity contribution in [1.29, 1.82) is 0 Å². The van der Waals surface area contributed by atoms with Gasteiger partial charge in [-0.05, 0) is 18.4 Å². The first-order valence-electron chi connectivity index (χ1n) is 7.66. The van der Waals surface area contributed by atoms with E-state index in [2.05, 4.69) is 51.1 Å². The quantitative estimate of drug-likeness (QED) is 0.808. The molecule has 0 atom stereocenters. The van der Waals surface area contributed by atoms with Crippen LogP contribution in [-0.2, 0) is 9.47 Å². The molecule has 2 nitrogen and oxygen atoms in total. The zero-order valence-corrected chi connectivity index (χ0v) is 12.7. The first-order chi connectivity index (χ1) is 9.59. The minimum absolute atomic E-state index is 0.117. The molecule has 3 rings (SSSR count). The van der Waals surface area contributed by atoms with Crippen molar-refractivity contribution >= 4 is 5.57 Å². The molecule has 20 heavy (non-hydrogen) atoms. The Morgan fingerprint density at radius 3 is 2.30 bits per heavy atom. The Bertz CT molecular complexity index is 503. The van der Waals surface area contributed by atoms with Gasteiger partial charge in [0.05, 0.1) is 13.2 Å². The van der Waals surface area contributed by atoms with Crippen LogP contribution in [0.1, 0.15) is 45.6 Å². The molecule has 1 aromatic carbocycles. The van der Waals surface area contributed by atoms with E-state index in [0.29, 0.717) is 0 Å². The predicted molar refractivity (Wildman–Crippen MR) is 81.3 cm³/mol. The fourth-order valence-electron chi connectivity index (χ4n) is 2.90. The molecule has 0 aromatic heterocycles. The molecule has 2 heteroatoms. The molecule has 1 aliphatic carbocycles. The van der Waals surface area contributed by atoms with Crippen LogP contribution in [0, 0.1) is 5.41 Å². The van der Waals surface area contributed by atoms with Gasteiger partial charge in [0.25, 0.3) is 0 Å². The number of rotatable bonds is 4. The van der Waals surface area contributed by atoms with Crippen LogP contribution >= 0.6 is 0 Å². The zero-order valence-electron chi connectivity index (χ0n) is 12.7. The highest BCUT2D eigenvalue weighted by atomic mass is 16.7. The van der Waals surface area contributed by atoms with Crippen LogP contribution in [0.4, 0.5) is 0 Å². The summed E-state index contributed by atoms with van der Waals surface area (Å²) < 4.78 is 12.3. The Hall–Kier alpha value is -1.12. The normalized spacial score (nSPS) is 23.1. The summed E-state index contributed by atoms with van der Waals surface area (Å²) in [7, 11) is 0. The predicted octanol–water partition coefficient (Wildman–Crippen LogP) is 4.41. The fourth-order valence-corrected chi connectivity index (χ4v) is 2.90. The third-order valence-electron chi connectivity index (χ3n) is 4.14. The van der Waals surface area contributed by atoms with E-state index in [-0.39, 0.29) is 5.41 Å². The van der Waals surface area contributed by atoms with E-state index in [1.807, 2.05) is 0 Å². The van der Waals surface area contributed by atoms with Gasteiger partial charge >= 0.3 is 0 Å². The highest BCUT2D eigenvalue weighted by Gasteiger charge is 2.59. The summed E-state index contributed by atoms with van der Waals surface area (Å²) in [5.41, 5.74) is 4.01. The topological polar surface area (TPSA) is 18.5 Å². The summed E-state index contributed by atoms with van der Waals surface area (Å²) in [6, 6.07) is 10.5. The fraction of sp³-hybridized carbons (Fsp3) is 0.556. The highest BCUT2D eigenvalue weighted by molar-refractivity contribution is 5.91. The molecule has 0 bridgehead atoms. The van der Waals surface area contributed by atoms with Crippen LogP contribution < -0.4 is 0 Å². The first-order valence-corrected chi connectivity index (χ1v) is 7.66. The number of unbranched alkanes of at least 4 members (excludes halogenated alkanes) is 1. The number of hydrogen-bond acceptors (Lipinski definition) is 2. The van der Waals surface area contributed by atoms with Crippen LogP contribution in [-0.4, -0.2) is 19.0 Å². The van der Waals surface area contributed by atoms with Crippen LogP contribution in [0.5, 0.6) is 0 Å². The van der Waals surface area contributed by atoms with E-state index < -0.39 is 5.79 Å². The van der Waals surface area contributed by atoms with Crippen molar-refractivity contribution in [3.63, 3.8) is 0 Å². The van der Waals surface area contributed by atoms with Gasteiger partial charge in [-0.2, -0.15) is 0 Å². The molecule has 1 fully saturated rings. The third-order valence-corrected chi connectivity index (χ3v) is 4.14. The SMILES string of the molecule is CCCCC1=C(c2ccccc2)C12OCC(C)(C)CO2. The highest BCUT2D eigenvalue weighted by Crippen LogP contribution is 2.58. The number of hydrogen-bond donors (Lipinski definition) is 0. The second-order valence-electron chi connectivity index (χ2n) is 6.68. The van der Waals surface area contributed by atoms with Crippen LogP contribution in [0.15, 0.2) is 35.9 Å². The number of benzene rings is 1. The minimum atomic E-state index is -0.494. The molecule has 1 heterocycles. The van der Waals surface area contributed by atoms with Gasteiger partial charge < -0.3 is 9.47 Å². The van der Waals surface area contributed by atoms with Crippen molar-refractivity contribution in [1.82, 2.24) is 0 Å². The van der Waals surface area contributed by atoms with Crippen molar-refractivity contribution in [2.24, 2.45) is 5.41 Å². The van der Waals surface area contributed by atoms with Gasteiger partial charge in [0.2, 0.25) is 5.79 Å². The van der Waals surface area contributed by atoms with Gasteiger partial charge in [-0.1, -0.05) is 57.5 Å². The van der Waals surface area contributed by atoms with E-state index in [0.717, 1.165) is 19.6 Å². The lowest BCUT2D eigenvalue weighted by molar-refractivity contribution is -0.227. The van der Waals surface area contributed by atoms with Crippen molar-refractivity contribution < 1.29 is 9.47 Å². The van der Waals surface area contributed by atoms with E-state index >= 15 is 0 Å². The average molecular weight is 272 g/mol. The maximum atomic E-state index is 6.17. The smallest absolute Gasteiger partial charge is 0.219 e. The molecular formula is C18H24O2. The van der Waals surface area contributed by atoms with Crippen molar-refractivity contribution in [2.75, 3.05) is 13.2 Å². The molecule has 0 N–H and O–H groups in total. The summed E-state index contributed by atoms with van der Waals surface area (Å²) in [5.74, 6) is -0.494. The van der Waals surface area contributed by atoms with Crippen molar-refractivity contribution in [2.45, 2.75) is 45.8 Å². The second kappa shape index (κ2) is 5.01. The van der Waals surface area contributed by atoms with Gasteiger partial charge in [0.15, 0.2) is 0 Å². The molecule has 2 aliphatic rings. The van der Waals surface area contributed by atoms with Crippen LogP contribution in [0.3, 0.4) is 0 Å². The Morgan fingerprint density at radius 2 is 1.70 bits per heavy atom. The third kappa shape index (κ3) is 2.32. The average Bonchev–Trinajstić information content (AvgIpc) is 3.08. The minimum Gasteiger partial charge on any atom is -0.342 e. The monoisotopic (exact) mass is 272 g/mol. The van der Waals surface area contributed by atoms with Crippen LogP contribution in [0.25, 0.3) is 5.57 Å². The lowest BCUT2D eigenvalue weighted by Gasteiger charge is -2.37. The summed E-state index contributed by atoms with van der Waals surface area (Å²) >= 11 is 0. The Labute approximate surface area is 121 Å². The van der Waals surface area contributed by atoms with E-state index in [9.17, 15) is 0 Å².